The van der Waals surface area contributed by atoms with Gasteiger partial charge in [0.1, 0.15) is 19.0 Å². The van der Waals surface area contributed by atoms with Gasteiger partial charge in [-0.25, -0.2) is 14.6 Å². The van der Waals surface area contributed by atoms with Gasteiger partial charge in [-0.15, -0.1) is 5.10 Å². The van der Waals surface area contributed by atoms with Crippen LogP contribution >= 0.6 is 0 Å². The molecule has 1 saturated heterocycles. The zero-order chi connectivity index (χ0) is 18.4. The van der Waals surface area contributed by atoms with E-state index in [4.69, 9.17) is 20.2 Å². The number of ether oxygens (including phenoxy) is 2. The number of hydrogen-bond donors (Lipinski definition) is 1. The number of aromatic nitrogens is 5. The van der Waals surface area contributed by atoms with E-state index in [0.717, 1.165) is 42.4 Å². The summed E-state index contributed by atoms with van der Waals surface area (Å²) in [7, 11) is 0. The van der Waals surface area contributed by atoms with Gasteiger partial charge in [0.15, 0.2) is 11.5 Å². The Labute approximate surface area is 156 Å². The average molecular weight is 367 g/mol. The van der Waals surface area contributed by atoms with Crippen molar-refractivity contribution in [1.82, 2.24) is 25.0 Å². The van der Waals surface area contributed by atoms with Gasteiger partial charge in [-0.3, -0.25) is 0 Å². The Hall–Kier alpha value is -2.94. The van der Waals surface area contributed by atoms with Crippen LogP contribution in [0.5, 0.6) is 11.5 Å². The first-order chi connectivity index (χ1) is 13.2. The first-order valence-electron chi connectivity index (χ1n) is 9.17. The van der Waals surface area contributed by atoms with E-state index >= 15 is 0 Å². The number of nitrogens with two attached hydrogens (primary N) is 1. The normalized spacial score (nSPS) is 20.2. The van der Waals surface area contributed by atoms with E-state index in [9.17, 15) is 0 Å². The number of rotatable bonds is 3. The molecule has 0 radical (unpaired) electrons. The summed E-state index contributed by atoms with van der Waals surface area (Å²) in [4.78, 5) is 11.4. The van der Waals surface area contributed by atoms with Crippen molar-refractivity contribution in [2.45, 2.75) is 25.4 Å². The summed E-state index contributed by atoms with van der Waals surface area (Å²) in [5, 5.41) is 8.47. The van der Waals surface area contributed by atoms with E-state index in [0.29, 0.717) is 24.5 Å². The van der Waals surface area contributed by atoms with Crippen molar-refractivity contribution in [3.05, 3.63) is 30.0 Å². The lowest BCUT2D eigenvalue weighted by molar-refractivity contribution is 0.171. The predicted molar refractivity (Wildman–Crippen MR) is 99.2 cm³/mol. The lowest BCUT2D eigenvalue weighted by atomic mass is 10.1. The smallest absolute Gasteiger partial charge is 0.221 e. The van der Waals surface area contributed by atoms with Crippen molar-refractivity contribution in [2.24, 2.45) is 5.73 Å². The van der Waals surface area contributed by atoms with Crippen molar-refractivity contribution in [1.29, 1.82) is 0 Å². The Kier molecular flexibility index (Phi) is 3.82. The Bertz CT molecular complexity index is 989. The third kappa shape index (κ3) is 2.84. The Morgan fingerprint density at radius 1 is 1.22 bits per heavy atom. The van der Waals surface area contributed by atoms with Crippen molar-refractivity contribution >= 4 is 17.1 Å². The lowest BCUT2D eigenvalue weighted by Crippen LogP contribution is -2.27. The molecule has 1 fully saturated rings. The average Bonchev–Trinajstić information content (AvgIpc) is 3.32. The van der Waals surface area contributed by atoms with Crippen LogP contribution in [0, 0.1) is 0 Å². The fourth-order valence-corrected chi connectivity index (χ4v) is 3.59. The second-order valence-electron chi connectivity index (χ2n) is 6.98. The van der Waals surface area contributed by atoms with Crippen molar-refractivity contribution < 1.29 is 9.47 Å². The SMILES string of the molecule is CC(c1ccc2c(c1)OCCO2)n1nnc2ncc(N3CC[C@@H](N)C3)nc21. The van der Waals surface area contributed by atoms with Gasteiger partial charge in [-0.05, 0) is 31.0 Å². The number of benzene rings is 1. The van der Waals surface area contributed by atoms with Gasteiger partial charge in [0.25, 0.3) is 0 Å². The fourth-order valence-electron chi connectivity index (χ4n) is 3.59. The van der Waals surface area contributed by atoms with Gasteiger partial charge in [-0.1, -0.05) is 11.3 Å². The molecule has 5 rings (SSSR count). The van der Waals surface area contributed by atoms with Crippen LogP contribution in [-0.4, -0.2) is 57.3 Å². The van der Waals surface area contributed by atoms with Gasteiger partial charge < -0.3 is 20.1 Å². The molecule has 3 aromatic rings. The quantitative estimate of drug-likeness (QED) is 0.735. The van der Waals surface area contributed by atoms with Crippen LogP contribution in [0.2, 0.25) is 0 Å². The maximum Gasteiger partial charge on any atom is 0.221 e. The number of hydrogen-bond acceptors (Lipinski definition) is 8. The fraction of sp³-hybridized carbons (Fsp3) is 0.444. The molecule has 9 heteroatoms. The summed E-state index contributed by atoms with van der Waals surface area (Å²) in [6.45, 7) is 4.87. The minimum absolute atomic E-state index is 0.0730. The van der Waals surface area contributed by atoms with Gasteiger partial charge in [0.2, 0.25) is 11.3 Å². The van der Waals surface area contributed by atoms with Gasteiger partial charge in [0.05, 0.1) is 12.2 Å². The molecule has 2 aliphatic rings. The van der Waals surface area contributed by atoms with E-state index in [-0.39, 0.29) is 12.1 Å². The number of nitrogens with zero attached hydrogens (tertiary/aromatic N) is 6. The molecule has 0 bridgehead atoms. The van der Waals surface area contributed by atoms with Gasteiger partial charge in [-0.2, -0.15) is 0 Å². The van der Waals surface area contributed by atoms with Crippen LogP contribution in [0.15, 0.2) is 24.4 Å². The first-order valence-corrected chi connectivity index (χ1v) is 9.17. The third-order valence-corrected chi connectivity index (χ3v) is 5.14. The lowest BCUT2D eigenvalue weighted by Gasteiger charge is -2.21. The minimum Gasteiger partial charge on any atom is -0.486 e. The summed E-state index contributed by atoms with van der Waals surface area (Å²) < 4.78 is 13.1. The van der Waals surface area contributed by atoms with Crippen LogP contribution in [0.25, 0.3) is 11.3 Å². The zero-order valence-electron chi connectivity index (χ0n) is 15.1. The number of anilines is 1. The third-order valence-electron chi connectivity index (χ3n) is 5.14. The van der Waals surface area contributed by atoms with E-state index < -0.39 is 0 Å². The highest BCUT2D eigenvalue weighted by atomic mass is 16.6. The van der Waals surface area contributed by atoms with Gasteiger partial charge in [0, 0.05) is 19.1 Å². The zero-order valence-corrected chi connectivity index (χ0v) is 15.1. The highest BCUT2D eigenvalue weighted by molar-refractivity contribution is 5.67. The van der Waals surface area contributed by atoms with Crippen molar-refractivity contribution in [3.63, 3.8) is 0 Å². The molecule has 9 nitrogen and oxygen atoms in total. The van der Waals surface area contributed by atoms with Crippen molar-refractivity contribution in [3.8, 4) is 11.5 Å². The van der Waals surface area contributed by atoms with Crippen LogP contribution in [0.1, 0.15) is 24.9 Å². The molecule has 0 amide bonds. The highest BCUT2D eigenvalue weighted by Crippen LogP contribution is 2.34. The Morgan fingerprint density at radius 3 is 2.89 bits per heavy atom. The molecule has 2 aromatic heterocycles. The molecule has 2 atom stereocenters. The largest absolute Gasteiger partial charge is 0.486 e. The second-order valence-corrected chi connectivity index (χ2v) is 6.98. The van der Waals surface area contributed by atoms with Crippen molar-refractivity contribution in [2.75, 3.05) is 31.2 Å². The monoisotopic (exact) mass is 367 g/mol. The highest BCUT2D eigenvalue weighted by Gasteiger charge is 2.23. The Balaban J connectivity index is 1.50. The molecule has 2 aliphatic heterocycles. The molecule has 2 N–H and O–H groups in total. The maximum atomic E-state index is 6.02. The van der Waals surface area contributed by atoms with Crippen LogP contribution in [-0.2, 0) is 0 Å². The van der Waals surface area contributed by atoms with Crippen LogP contribution in [0.4, 0.5) is 5.82 Å². The molecular formula is C18H21N7O2. The Morgan fingerprint density at radius 2 is 2.07 bits per heavy atom. The van der Waals surface area contributed by atoms with Gasteiger partial charge >= 0.3 is 0 Å². The molecule has 140 valence electrons. The van der Waals surface area contributed by atoms with Crippen LogP contribution in [0.3, 0.4) is 0 Å². The summed E-state index contributed by atoms with van der Waals surface area (Å²) in [5.41, 5.74) is 8.26. The molecule has 1 unspecified atom stereocenters. The van der Waals surface area contributed by atoms with E-state index in [1.165, 1.54) is 0 Å². The number of fused-ring (bicyclic) bond motifs is 2. The molecule has 0 spiro atoms. The minimum atomic E-state index is -0.0730. The summed E-state index contributed by atoms with van der Waals surface area (Å²) in [6, 6.07) is 6.05. The second kappa shape index (κ2) is 6.34. The molecule has 1 aromatic carbocycles. The molecule has 0 saturated carbocycles. The standard InChI is InChI=1S/C18H21N7O2/c1-11(12-2-3-14-15(8-12)27-7-6-26-14)25-18-17(22-23-25)20-9-16(21-18)24-5-4-13(19)10-24/h2-3,8-9,11,13H,4-7,10,19H2,1H3/t11?,13-/m1/s1. The molecular weight excluding hydrogens is 346 g/mol. The summed E-state index contributed by atoms with van der Waals surface area (Å²) >= 11 is 0. The van der Waals surface area contributed by atoms with E-state index in [1.54, 1.807) is 10.9 Å². The van der Waals surface area contributed by atoms with Crippen LogP contribution < -0.4 is 20.1 Å². The summed E-state index contributed by atoms with van der Waals surface area (Å²) in [5.74, 6) is 2.34. The van der Waals surface area contributed by atoms with E-state index in [1.807, 2.05) is 18.2 Å². The maximum absolute atomic E-state index is 6.02. The topological polar surface area (TPSA) is 104 Å². The molecule has 27 heavy (non-hydrogen) atoms. The van der Waals surface area contributed by atoms with E-state index in [2.05, 4.69) is 27.1 Å². The predicted octanol–water partition coefficient (Wildman–Crippen LogP) is 1.14. The molecule has 4 heterocycles. The summed E-state index contributed by atoms with van der Waals surface area (Å²) in [6.07, 6.45) is 2.71. The molecule has 0 aliphatic carbocycles. The first kappa shape index (κ1) is 16.2.